The van der Waals surface area contributed by atoms with Gasteiger partial charge in [0.1, 0.15) is 17.6 Å². The summed E-state index contributed by atoms with van der Waals surface area (Å²) in [7, 11) is 3.84. The van der Waals surface area contributed by atoms with Crippen LogP contribution in [-0.2, 0) is 28.4 Å². The van der Waals surface area contributed by atoms with Gasteiger partial charge in [-0.3, -0.25) is 13.9 Å². The topological polar surface area (TPSA) is 114 Å². The fourth-order valence-electron chi connectivity index (χ4n) is 2.44. The molecule has 1 aromatic carbocycles. The third-order valence-electron chi connectivity index (χ3n) is 4.06. The quantitative estimate of drug-likeness (QED) is 0.492. The molecule has 1 heterocycles. The minimum atomic E-state index is -0.965. The van der Waals surface area contributed by atoms with Crippen molar-refractivity contribution >= 4 is 35.7 Å². The first kappa shape index (κ1) is 23.3. The Morgan fingerprint density at radius 1 is 1.23 bits per heavy atom. The van der Waals surface area contributed by atoms with Gasteiger partial charge < -0.3 is 14.8 Å². The van der Waals surface area contributed by atoms with Crippen molar-refractivity contribution in [2.45, 2.75) is 13.0 Å². The minimum absolute atomic E-state index is 0.0523. The Labute approximate surface area is 179 Å². The first-order valence-electron chi connectivity index (χ1n) is 8.38. The predicted octanol–water partition coefficient (Wildman–Crippen LogP) is 0.453. The molecule has 2 rings (SSSR count). The Bertz CT molecular complexity index is 1150. The van der Waals surface area contributed by atoms with E-state index in [1.54, 1.807) is 0 Å². The first-order chi connectivity index (χ1) is 14.0. The molecule has 0 aliphatic heterocycles. The summed E-state index contributed by atoms with van der Waals surface area (Å²) in [4.78, 5) is 48.3. The van der Waals surface area contributed by atoms with Crippen molar-refractivity contribution in [2.75, 3.05) is 13.7 Å². The fraction of sp³-hybridized carbons (Fsp3) is 0.353. The molecular weight excluding hydrogens is 443 g/mol. The number of hydrogen-bond acceptors (Lipinski definition) is 7. The Kier molecular flexibility index (Phi) is 7.16. The normalized spacial score (nSPS) is 11.7. The van der Waals surface area contributed by atoms with Crippen LogP contribution in [0.1, 0.15) is 6.92 Å². The fourth-order valence-corrected chi connectivity index (χ4v) is 2.80. The average Bonchev–Trinajstić information content (AvgIpc) is 2.70. The largest absolute Gasteiger partial charge is 0.482 e. The number of halogens is 2. The lowest BCUT2D eigenvalue weighted by Gasteiger charge is -2.15. The van der Waals surface area contributed by atoms with Crippen molar-refractivity contribution in [2.24, 2.45) is 14.1 Å². The highest BCUT2D eigenvalue weighted by molar-refractivity contribution is 7.71. The van der Waals surface area contributed by atoms with Crippen LogP contribution >= 0.6 is 23.8 Å². The molecule has 0 spiro atoms. The molecule has 13 heteroatoms. The number of methoxy groups -OCH3 is 1. The van der Waals surface area contributed by atoms with E-state index in [9.17, 15) is 23.6 Å². The number of nitrogens with zero attached hydrogens (tertiary/aromatic N) is 3. The van der Waals surface area contributed by atoms with E-state index in [1.807, 2.05) is 0 Å². The average molecular weight is 461 g/mol. The zero-order valence-electron chi connectivity index (χ0n) is 16.4. The minimum Gasteiger partial charge on any atom is -0.482 e. The standard InChI is InChI=1S/C17H18ClFN4O6S/c1-8(14(25)28-4)20-13(24)7-29-12-6-11(10(19)5-9(12)18)23-15(26)21(2)17(30)22(3)16(23)27/h5-6,8H,7H2,1-4H3,(H,20,24)/t8-/m0/s1. The van der Waals surface area contributed by atoms with E-state index in [2.05, 4.69) is 10.1 Å². The van der Waals surface area contributed by atoms with Gasteiger partial charge in [-0.25, -0.2) is 23.3 Å². The summed E-state index contributed by atoms with van der Waals surface area (Å²) >= 11 is 10.9. The lowest BCUT2D eigenvalue weighted by Crippen LogP contribution is -2.43. The Balaban J connectivity index is 2.40. The Morgan fingerprint density at radius 3 is 2.33 bits per heavy atom. The summed E-state index contributed by atoms with van der Waals surface area (Å²) in [5.41, 5.74) is -2.19. The lowest BCUT2D eigenvalue weighted by atomic mass is 10.2. The number of carbonyl (C=O) groups excluding carboxylic acids is 2. The highest BCUT2D eigenvalue weighted by Crippen LogP contribution is 2.28. The van der Waals surface area contributed by atoms with Crippen LogP contribution in [0.2, 0.25) is 5.02 Å². The summed E-state index contributed by atoms with van der Waals surface area (Å²) in [5, 5.41) is 2.14. The molecule has 2 aromatic rings. The van der Waals surface area contributed by atoms with Crippen LogP contribution in [-0.4, -0.2) is 45.3 Å². The summed E-state index contributed by atoms with van der Waals surface area (Å²) in [6.07, 6.45) is 0. The molecule has 10 nitrogen and oxygen atoms in total. The molecule has 0 radical (unpaired) electrons. The molecule has 1 aromatic heterocycles. The second-order valence-electron chi connectivity index (χ2n) is 6.14. The molecule has 1 amide bonds. The number of hydrogen-bond donors (Lipinski definition) is 1. The molecule has 0 bridgehead atoms. The zero-order valence-corrected chi connectivity index (χ0v) is 18.0. The summed E-state index contributed by atoms with van der Waals surface area (Å²) in [5.74, 6) is -2.45. The third-order valence-corrected chi connectivity index (χ3v) is 4.91. The maximum absolute atomic E-state index is 14.5. The highest BCUT2D eigenvalue weighted by Gasteiger charge is 2.19. The van der Waals surface area contributed by atoms with Gasteiger partial charge in [-0.05, 0) is 25.2 Å². The van der Waals surface area contributed by atoms with Crippen LogP contribution in [0.5, 0.6) is 5.75 Å². The number of rotatable bonds is 6. The monoisotopic (exact) mass is 460 g/mol. The van der Waals surface area contributed by atoms with E-state index >= 15 is 0 Å². The molecule has 30 heavy (non-hydrogen) atoms. The van der Waals surface area contributed by atoms with Gasteiger partial charge in [0.15, 0.2) is 11.4 Å². The second kappa shape index (κ2) is 9.22. The number of nitrogens with one attached hydrogen (secondary N) is 1. The molecule has 0 saturated heterocycles. The number of esters is 1. The predicted molar refractivity (Wildman–Crippen MR) is 107 cm³/mol. The molecule has 0 aliphatic rings. The summed E-state index contributed by atoms with van der Waals surface area (Å²) < 4.78 is 26.8. The SMILES string of the molecule is COC(=O)[C@H](C)NC(=O)COc1cc(-n2c(=O)n(C)c(=S)n(C)c2=O)c(F)cc1Cl. The van der Waals surface area contributed by atoms with Crippen LogP contribution in [0.15, 0.2) is 21.7 Å². The second-order valence-corrected chi connectivity index (χ2v) is 6.91. The molecule has 1 atom stereocenters. The van der Waals surface area contributed by atoms with E-state index in [0.717, 1.165) is 21.3 Å². The van der Waals surface area contributed by atoms with Gasteiger partial charge in [-0.2, -0.15) is 0 Å². The van der Waals surface area contributed by atoms with Crippen molar-refractivity contribution in [1.29, 1.82) is 0 Å². The van der Waals surface area contributed by atoms with Gasteiger partial charge in [0.2, 0.25) is 0 Å². The Morgan fingerprint density at radius 2 is 1.80 bits per heavy atom. The maximum atomic E-state index is 14.5. The summed E-state index contributed by atoms with van der Waals surface area (Å²) in [6, 6.07) is 0.943. The molecule has 0 aliphatic carbocycles. The zero-order chi connectivity index (χ0) is 22.7. The highest BCUT2D eigenvalue weighted by atomic mass is 35.5. The molecule has 0 saturated carbocycles. The number of carbonyl (C=O) groups is 2. The molecular formula is C17H18ClFN4O6S. The number of aromatic nitrogens is 3. The third kappa shape index (κ3) is 4.60. The van der Waals surface area contributed by atoms with E-state index < -0.39 is 47.4 Å². The number of amides is 1. The van der Waals surface area contributed by atoms with Crippen LogP contribution in [0.4, 0.5) is 4.39 Å². The number of benzene rings is 1. The van der Waals surface area contributed by atoms with Gasteiger partial charge in [0.25, 0.3) is 5.91 Å². The van der Waals surface area contributed by atoms with Crippen molar-refractivity contribution in [3.8, 4) is 11.4 Å². The van der Waals surface area contributed by atoms with Gasteiger partial charge in [-0.15, -0.1) is 0 Å². The molecule has 0 unspecified atom stereocenters. The van der Waals surface area contributed by atoms with Gasteiger partial charge in [0.05, 0.1) is 17.8 Å². The van der Waals surface area contributed by atoms with Gasteiger partial charge in [-0.1, -0.05) is 11.6 Å². The van der Waals surface area contributed by atoms with Crippen molar-refractivity contribution < 1.29 is 23.5 Å². The van der Waals surface area contributed by atoms with Crippen molar-refractivity contribution in [1.82, 2.24) is 19.0 Å². The van der Waals surface area contributed by atoms with Gasteiger partial charge in [0, 0.05) is 20.2 Å². The van der Waals surface area contributed by atoms with E-state index in [4.69, 9.17) is 28.6 Å². The first-order valence-corrected chi connectivity index (χ1v) is 9.16. The van der Waals surface area contributed by atoms with E-state index in [1.165, 1.54) is 28.1 Å². The van der Waals surface area contributed by atoms with Crippen molar-refractivity contribution in [3.05, 3.63) is 48.7 Å². The molecule has 1 N–H and O–H groups in total. The van der Waals surface area contributed by atoms with Crippen LogP contribution < -0.4 is 21.4 Å². The lowest BCUT2D eigenvalue weighted by molar-refractivity contribution is -0.144. The Hall–Kier alpha value is -2.99. The summed E-state index contributed by atoms with van der Waals surface area (Å²) in [6.45, 7) is 0.843. The van der Waals surface area contributed by atoms with Crippen LogP contribution in [0, 0.1) is 10.6 Å². The van der Waals surface area contributed by atoms with E-state index in [0.29, 0.717) is 4.57 Å². The molecule has 162 valence electrons. The van der Waals surface area contributed by atoms with Crippen LogP contribution in [0.25, 0.3) is 5.69 Å². The number of ether oxygens (including phenoxy) is 2. The van der Waals surface area contributed by atoms with Crippen molar-refractivity contribution in [3.63, 3.8) is 0 Å². The van der Waals surface area contributed by atoms with Gasteiger partial charge >= 0.3 is 17.3 Å². The van der Waals surface area contributed by atoms with E-state index in [-0.39, 0.29) is 15.5 Å². The smallest absolute Gasteiger partial charge is 0.338 e. The van der Waals surface area contributed by atoms with Crippen LogP contribution in [0.3, 0.4) is 0 Å². The molecule has 0 fully saturated rings. The maximum Gasteiger partial charge on any atom is 0.338 e.